The van der Waals surface area contributed by atoms with E-state index in [0.717, 1.165) is 11.1 Å². The largest absolute Gasteiger partial charge is 0.508 e. The first-order chi connectivity index (χ1) is 9.15. The average molecular weight is 253 g/mol. The van der Waals surface area contributed by atoms with Crippen LogP contribution in [0.15, 0.2) is 54.6 Å². The minimum Gasteiger partial charge on any atom is -0.508 e. The Morgan fingerprint density at radius 2 is 1.89 bits per heavy atom. The lowest BCUT2D eigenvalue weighted by Crippen LogP contribution is -2.08. The zero-order valence-corrected chi connectivity index (χ0v) is 10.6. The van der Waals surface area contributed by atoms with Crippen LogP contribution in [-0.4, -0.2) is 11.0 Å². The summed E-state index contributed by atoms with van der Waals surface area (Å²) in [5.74, 6) is -0.00651. The van der Waals surface area contributed by atoms with Gasteiger partial charge in [0.1, 0.15) is 5.75 Å². The molecule has 0 unspecified atom stereocenters. The summed E-state index contributed by atoms with van der Waals surface area (Å²) in [6.07, 6.45) is 3.24. The summed E-state index contributed by atoms with van der Waals surface area (Å²) < 4.78 is 0. The first-order valence-electron chi connectivity index (χ1n) is 5.99. The number of carbonyl (C=O) groups excluding carboxylic acids is 1. The molecule has 2 rings (SSSR count). The standard InChI is InChI=1S/C16H15NO2/c1-12-11-14(18)8-9-15(12)17-16(19)10-7-13-5-3-2-4-6-13/h2-11,18H,1H3,(H,17,19). The molecule has 19 heavy (non-hydrogen) atoms. The number of hydrogen-bond donors (Lipinski definition) is 2. The van der Waals surface area contributed by atoms with Crippen molar-refractivity contribution in [2.75, 3.05) is 5.32 Å². The highest BCUT2D eigenvalue weighted by Gasteiger charge is 2.02. The molecule has 0 atom stereocenters. The summed E-state index contributed by atoms with van der Waals surface area (Å²) >= 11 is 0. The molecule has 0 saturated heterocycles. The van der Waals surface area contributed by atoms with E-state index in [1.165, 1.54) is 6.08 Å². The zero-order chi connectivity index (χ0) is 13.7. The summed E-state index contributed by atoms with van der Waals surface area (Å²) in [6.45, 7) is 1.83. The molecule has 3 heteroatoms. The van der Waals surface area contributed by atoms with Gasteiger partial charge in [-0.3, -0.25) is 4.79 Å². The molecule has 3 nitrogen and oxygen atoms in total. The van der Waals surface area contributed by atoms with Crippen LogP contribution in [0.5, 0.6) is 5.75 Å². The molecule has 2 aromatic carbocycles. The van der Waals surface area contributed by atoms with Crippen molar-refractivity contribution in [3.05, 3.63) is 65.7 Å². The number of aromatic hydroxyl groups is 1. The molecular weight excluding hydrogens is 238 g/mol. The van der Waals surface area contributed by atoms with Gasteiger partial charge in [-0.2, -0.15) is 0 Å². The van der Waals surface area contributed by atoms with Gasteiger partial charge < -0.3 is 10.4 Å². The topological polar surface area (TPSA) is 49.3 Å². The molecule has 0 aliphatic carbocycles. The smallest absolute Gasteiger partial charge is 0.248 e. The second-order valence-corrected chi connectivity index (χ2v) is 4.23. The summed E-state index contributed by atoms with van der Waals surface area (Å²) in [5, 5.41) is 12.1. The van der Waals surface area contributed by atoms with Crippen LogP contribution < -0.4 is 5.32 Å². The highest BCUT2D eigenvalue weighted by Crippen LogP contribution is 2.20. The van der Waals surface area contributed by atoms with Gasteiger partial charge in [0.05, 0.1) is 0 Å². The summed E-state index contributed by atoms with van der Waals surface area (Å²) in [7, 11) is 0. The van der Waals surface area contributed by atoms with Crippen molar-refractivity contribution >= 4 is 17.7 Å². The zero-order valence-electron chi connectivity index (χ0n) is 10.6. The predicted molar refractivity (Wildman–Crippen MR) is 76.9 cm³/mol. The lowest BCUT2D eigenvalue weighted by molar-refractivity contribution is -0.111. The molecule has 0 aliphatic heterocycles. The molecule has 1 amide bonds. The van der Waals surface area contributed by atoms with E-state index in [9.17, 15) is 9.90 Å². The van der Waals surface area contributed by atoms with Gasteiger partial charge in [-0.1, -0.05) is 30.3 Å². The van der Waals surface area contributed by atoms with Crippen molar-refractivity contribution in [2.45, 2.75) is 6.92 Å². The van der Waals surface area contributed by atoms with Gasteiger partial charge >= 0.3 is 0 Å². The van der Waals surface area contributed by atoms with Crippen molar-refractivity contribution in [3.63, 3.8) is 0 Å². The van der Waals surface area contributed by atoms with Crippen molar-refractivity contribution in [1.82, 2.24) is 0 Å². The van der Waals surface area contributed by atoms with E-state index in [0.29, 0.717) is 5.69 Å². The maximum absolute atomic E-state index is 11.8. The van der Waals surface area contributed by atoms with Crippen LogP contribution in [-0.2, 0) is 4.79 Å². The molecule has 0 spiro atoms. The first kappa shape index (κ1) is 12.9. The Morgan fingerprint density at radius 3 is 2.58 bits per heavy atom. The Labute approximate surface area is 112 Å². The van der Waals surface area contributed by atoms with Crippen LogP contribution in [0.1, 0.15) is 11.1 Å². The van der Waals surface area contributed by atoms with Crippen molar-refractivity contribution in [2.24, 2.45) is 0 Å². The van der Waals surface area contributed by atoms with Crippen molar-refractivity contribution < 1.29 is 9.90 Å². The minimum atomic E-state index is -0.197. The number of aryl methyl sites for hydroxylation is 1. The van der Waals surface area contributed by atoms with E-state index in [1.54, 1.807) is 24.3 Å². The highest BCUT2D eigenvalue weighted by molar-refractivity contribution is 6.02. The highest BCUT2D eigenvalue weighted by atomic mass is 16.3. The molecule has 0 saturated carbocycles. The molecule has 0 radical (unpaired) electrons. The van der Waals surface area contributed by atoms with Gasteiger partial charge in [-0.15, -0.1) is 0 Å². The summed E-state index contributed by atoms with van der Waals surface area (Å²) in [6, 6.07) is 14.4. The third-order valence-corrected chi connectivity index (χ3v) is 2.69. The predicted octanol–water partition coefficient (Wildman–Crippen LogP) is 3.35. The van der Waals surface area contributed by atoms with E-state index in [2.05, 4.69) is 5.32 Å². The van der Waals surface area contributed by atoms with Crippen LogP contribution in [0, 0.1) is 6.92 Å². The Hall–Kier alpha value is -2.55. The number of nitrogens with one attached hydrogen (secondary N) is 1. The second kappa shape index (κ2) is 5.87. The molecule has 0 bridgehead atoms. The molecule has 2 N–H and O–H groups in total. The Bertz CT molecular complexity index is 603. The minimum absolute atomic E-state index is 0.190. The van der Waals surface area contributed by atoms with E-state index < -0.39 is 0 Å². The molecule has 0 fully saturated rings. The number of phenolic OH excluding ortho intramolecular Hbond substituents is 1. The van der Waals surface area contributed by atoms with Gasteiger partial charge in [-0.25, -0.2) is 0 Å². The van der Waals surface area contributed by atoms with Crippen LogP contribution in [0.4, 0.5) is 5.69 Å². The first-order valence-corrected chi connectivity index (χ1v) is 5.99. The Kier molecular flexibility index (Phi) is 3.98. The number of anilines is 1. The lowest BCUT2D eigenvalue weighted by atomic mass is 10.2. The summed E-state index contributed by atoms with van der Waals surface area (Å²) in [4.78, 5) is 11.8. The molecule has 2 aromatic rings. The van der Waals surface area contributed by atoms with Crippen LogP contribution in [0.2, 0.25) is 0 Å². The number of phenols is 1. The van der Waals surface area contributed by atoms with Crippen LogP contribution in [0.25, 0.3) is 6.08 Å². The molecule has 0 aromatic heterocycles. The maximum Gasteiger partial charge on any atom is 0.248 e. The number of rotatable bonds is 3. The van der Waals surface area contributed by atoms with E-state index >= 15 is 0 Å². The maximum atomic E-state index is 11.8. The second-order valence-electron chi connectivity index (χ2n) is 4.23. The number of carbonyl (C=O) groups is 1. The van der Waals surface area contributed by atoms with Crippen LogP contribution in [0.3, 0.4) is 0 Å². The van der Waals surface area contributed by atoms with Crippen molar-refractivity contribution in [3.8, 4) is 5.75 Å². The third kappa shape index (κ3) is 3.71. The van der Waals surface area contributed by atoms with Crippen molar-refractivity contribution in [1.29, 1.82) is 0 Å². The Morgan fingerprint density at radius 1 is 1.16 bits per heavy atom. The van der Waals surface area contributed by atoms with Gasteiger partial charge in [0, 0.05) is 11.8 Å². The van der Waals surface area contributed by atoms with Gasteiger partial charge in [0.2, 0.25) is 5.91 Å². The summed E-state index contributed by atoms with van der Waals surface area (Å²) in [5.41, 5.74) is 2.49. The molecule has 0 aliphatic rings. The average Bonchev–Trinajstić information content (AvgIpc) is 2.41. The monoisotopic (exact) mass is 253 g/mol. The van der Waals surface area contributed by atoms with E-state index in [4.69, 9.17) is 0 Å². The quantitative estimate of drug-likeness (QED) is 0.651. The van der Waals surface area contributed by atoms with Gasteiger partial charge in [-0.05, 0) is 42.3 Å². The number of benzene rings is 2. The third-order valence-electron chi connectivity index (χ3n) is 2.69. The Balaban J connectivity index is 2.04. The van der Waals surface area contributed by atoms with Gasteiger partial charge in [0.15, 0.2) is 0 Å². The fourth-order valence-electron chi connectivity index (χ4n) is 1.70. The molecule has 0 heterocycles. The fourth-order valence-corrected chi connectivity index (χ4v) is 1.70. The van der Waals surface area contributed by atoms with E-state index in [-0.39, 0.29) is 11.7 Å². The van der Waals surface area contributed by atoms with E-state index in [1.807, 2.05) is 37.3 Å². The normalized spacial score (nSPS) is 10.6. The van der Waals surface area contributed by atoms with Crippen LogP contribution >= 0.6 is 0 Å². The molecule has 96 valence electrons. The number of amides is 1. The number of hydrogen-bond acceptors (Lipinski definition) is 2. The van der Waals surface area contributed by atoms with Gasteiger partial charge in [0.25, 0.3) is 0 Å². The fraction of sp³-hybridized carbons (Fsp3) is 0.0625. The lowest BCUT2D eigenvalue weighted by Gasteiger charge is -2.06. The molecular formula is C16H15NO2. The SMILES string of the molecule is Cc1cc(O)ccc1NC(=O)C=Cc1ccccc1.